The van der Waals surface area contributed by atoms with Crippen molar-refractivity contribution in [1.29, 1.82) is 0 Å². The molecule has 0 radical (unpaired) electrons. The number of ether oxygens (including phenoxy) is 1. The van der Waals surface area contributed by atoms with E-state index in [1.165, 1.54) is 0 Å². The van der Waals surface area contributed by atoms with E-state index in [-0.39, 0.29) is 24.8 Å². The number of hydrogen-bond acceptors (Lipinski definition) is 3. The van der Waals surface area contributed by atoms with Gasteiger partial charge in [0.1, 0.15) is 0 Å². The minimum Gasteiger partial charge on any atom is -0.394 e. The molecular formula is C15H20Cl2N2O3. The summed E-state index contributed by atoms with van der Waals surface area (Å²) in [5, 5.41) is 13.2. The first-order chi connectivity index (χ1) is 10.5. The minimum absolute atomic E-state index is 0.0680. The lowest BCUT2D eigenvalue weighted by molar-refractivity contribution is -0.0404. The summed E-state index contributed by atoms with van der Waals surface area (Å²) in [6, 6.07) is 5.12. The number of morpholine rings is 1. The summed E-state index contributed by atoms with van der Waals surface area (Å²) in [6.45, 7) is 3.20. The highest BCUT2D eigenvalue weighted by atomic mass is 35.5. The van der Waals surface area contributed by atoms with E-state index >= 15 is 0 Å². The van der Waals surface area contributed by atoms with Crippen LogP contribution < -0.4 is 5.32 Å². The van der Waals surface area contributed by atoms with Crippen LogP contribution in [0.4, 0.5) is 4.79 Å². The summed E-state index contributed by atoms with van der Waals surface area (Å²) >= 11 is 12.0. The second-order valence-corrected chi connectivity index (χ2v) is 6.26. The lowest BCUT2D eigenvalue weighted by atomic mass is 10.1. The van der Waals surface area contributed by atoms with Gasteiger partial charge in [-0.2, -0.15) is 0 Å². The predicted octanol–water partition coefficient (Wildman–Crippen LogP) is 2.33. The van der Waals surface area contributed by atoms with E-state index in [2.05, 4.69) is 5.32 Å². The molecule has 1 aliphatic rings. The lowest BCUT2D eigenvalue weighted by Crippen LogP contribution is -2.52. The molecule has 0 aliphatic carbocycles. The zero-order valence-corrected chi connectivity index (χ0v) is 13.9. The predicted molar refractivity (Wildman–Crippen MR) is 86.6 cm³/mol. The number of hydrogen-bond donors (Lipinski definition) is 2. The first kappa shape index (κ1) is 17.3. The van der Waals surface area contributed by atoms with Gasteiger partial charge in [-0.05, 0) is 31.0 Å². The first-order valence-corrected chi connectivity index (χ1v) is 7.97. The topological polar surface area (TPSA) is 61.8 Å². The third-order valence-electron chi connectivity index (χ3n) is 3.54. The van der Waals surface area contributed by atoms with Gasteiger partial charge in [0.05, 0.1) is 25.9 Å². The van der Waals surface area contributed by atoms with Gasteiger partial charge in [-0.15, -0.1) is 0 Å². The van der Waals surface area contributed by atoms with E-state index in [9.17, 15) is 4.79 Å². The van der Waals surface area contributed by atoms with Crippen LogP contribution in [0.2, 0.25) is 10.0 Å². The van der Waals surface area contributed by atoms with E-state index in [0.29, 0.717) is 36.2 Å². The quantitative estimate of drug-likeness (QED) is 0.879. The van der Waals surface area contributed by atoms with Gasteiger partial charge >= 0.3 is 6.03 Å². The van der Waals surface area contributed by atoms with Crippen LogP contribution in [0.25, 0.3) is 0 Å². The van der Waals surface area contributed by atoms with E-state index in [4.69, 9.17) is 33.0 Å². The van der Waals surface area contributed by atoms with Crippen molar-refractivity contribution in [2.45, 2.75) is 25.5 Å². The largest absolute Gasteiger partial charge is 0.394 e. The molecule has 1 aromatic carbocycles. The number of carbonyl (C=O) groups excluding carboxylic acids is 1. The third-order valence-corrected chi connectivity index (χ3v) is 4.13. The van der Waals surface area contributed by atoms with Gasteiger partial charge < -0.3 is 20.1 Å². The Labute approximate surface area is 140 Å². The fourth-order valence-corrected chi connectivity index (χ4v) is 2.87. The summed E-state index contributed by atoms with van der Waals surface area (Å²) in [7, 11) is 0. The summed E-state index contributed by atoms with van der Waals surface area (Å²) in [5.41, 5.74) is 0.939. The second-order valence-electron chi connectivity index (χ2n) is 5.41. The first-order valence-electron chi connectivity index (χ1n) is 7.21. The van der Waals surface area contributed by atoms with Crippen LogP contribution in [0.3, 0.4) is 0 Å². The Bertz CT molecular complexity index is 528. The maximum atomic E-state index is 12.2. The molecule has 1 fully saturated rings. The number of aliphatic hydroxyl groups is 1. The Morgan fingerprint density at radius 3 is 3.00 bits per heavy atom. The molecule has 1 saturated heterocycles. The standard InChI is InChI=1S/C15H20Cl2N2O3/c1-10(6-11-2-3-12(16)7-14(11)17)18-15(21)19-4-5-22-13(8-19)9-20/h2-3,7,10,13,20H,4-6,8-9H2,1H3,(H,18,21)/t10-,13-/m0/s1. The number of nitrogens with one attached hydrogen (secondary N) is 1. The zero-order valence-electron chi connectivity index (χ0n) is 12.4. The monoisotopic (exact) mass is 346 g/mol. The normalized spacial score (nSPS) is 19.8. The number of urea groups is 1. The molecule has 2 amide bonds. The van der Waals surface area contributed by atoms with Crippen LogP contribution in [0.15, 0.2) is 18.2 Å². The fourth-order valence-electron chi connectivity index (χ4n) is 2.38. The molecule has 7 heteroatoms. The molecular weight excluding hydrogens is 327 g/mol. The van der Waals surface area contributed by atoms with Crippen molar-refractivity contribution in [2.75, 3.05) is 26.3 Å². The number of carbonyl (C=O) groups is 1. The molecule has 2 atom stereocenters. The third kappa shape index (κ3) is 4.74. The average Bonchev–Trinajstić information content (AvgIpc) is 2.50. The van der Waals surface area contributed by atoms with Gasteiger partial charge in [0, 0.05) is 22.6 Å². The molecule has 0 spiro atoms. The van der Waals surface area contributed by atoms with Crippen molar-refractivity contribution in [1.82, 2.24) is 10.2 Å². The Hall–Kier alpha value is -1.01. The van der Waals surface area contributed by atoms with Crippen molar-refractivity contribution in [3.8, 4) is 0 Å². The fraction of sp³-hybridized carbons (Fsp3) is 0.533. The molecule has 2 N–H and O–H groups in total. The number of rotatable bonds is 4. The van der Waals surface area contributed by atoms with E-state index in [1.54, 1.807) is 17.0 Å². The van der Waals surface area contributed by atoms with Crippen LogP contribution in [0, 0.1) is 0 Å². The molecule has 22 heavy (non-hydrogen) atoms. The van der Waals surface area contributed by atoms with E-state index in [1.807, 2.05) is 13.0 Å². The summed E-state index contributed by atoms with van der Waals surface area (Å²) < 4.78 is 5.33. The molecule has 0 unspecified atom stereocenters. The number of nitrogens with zero attached hydrogens (tertiary/aromatic N) is 1. The van der Waals surface area contributed by atoms with Crippen molar-refractivity contribution in [2.24, 2.45) is 0 Å². The second kappa shape index (κ2) is 8.02. The summed E-state index contributed by atoms with van der Waals surface area (Å²) in [5.74, 6) is 0. The molecule has 2 rings (SSSR count). The molecule has 1 aliphatic heterocycles. The number of benzene rings is 1. The number of aliphatic hydroxyl groups excluding tert-OH is 1. The minimum atomic E-state index is -0.305. The van der Waals surface area contributed by atoms with Crippen molar-refractivity contribution in [3.63, 3.8) is 0 Å². The van der Waals surface area contributed by atoms with Crippen LogP contribution in [0.5, 0.6) is 0 Å². The molecule has 0 bridgehead atoms. The smallest absolute Gasteiger partial charge is 0.317 e. The Balaban J connectivity index is 1.88. The molecule has 5 nitrogen and oxygen atoms in total. The molecule has 1 aromatic rings. The van der Waals surface area contributed by atoms with Crippen molar-refractivity contribution in [3.05, 3.63) is 33.8 Å². The van der Waals surface area contributed by atoms with Crippen LogP contribution in [0.1, 0.15) is 12.5 Å². The van der Waals surface area contributed by atoms with Gasteiger partial charge in [0.25, 0.3) is 0 Å². The highest BCUT2D eigenvalue weighted by Crippen LogP contribution is 2.22. The van der Waals surface area contributed by atoms with Gasteiger partial charge in [-0.3, -0.25) is 0 Å². The SMILES string of the molecule is C[C@@H](Cc1ccc(Cl)cc1Cl)NC(=O)N1CCO[C@H](CO)C1. The zero-order chi connectivity index (χ0) is 16.1. The van der Waals surface area contributed by atoms with Crippen LogP contribution in [-0.4, -0.2) is 54.5 Å². The lowest BCUT2D eigenvalue weighted by Gasteiger charge is -2.33. The van der Waals surface area contributed by atoms with Gasteiger partial charge in [-0.1, -0.05) is 29.3 Å². The molecule has 122 valence electrons. The average molecular weight is 347 g/mol. The van der Waals surface area contributed by atoms with Gasteiger partial charge in [0.15, 0.2) is 0 Å². The van der Waals surface area contributed by atoms with Crippen LogP contribution in [-0.2, 0) is 11.2 Å². The number of halogens is 2. The molecule has 1 heterocycles. The Kier molecular flexibility index (Phi) is 6.32. The van der Waals surface area contributed by atoms with Crippen molar-refractivity contribution < 1.29 is 14.6 Å². The maximum Gasteiger partial charge on any atom is 0.317 e. The highest BCUT2D eigenvalue weighted by Gasteiger charge is 2.24. The number of amides is 2. The van der Waals surface area contributed by atoms with E-state index < -0.39 is 0 Å². The maximum absolute atomic E-state index is 12.2. The van der Waals surface area contributed by atoms with E-state index in [0.717, 1.165) is 5.56 Å². The Morgan fingerprint density at radius 1 is 1.55 bits per heavy atom. The van der Waals surface area contributed by atoms with Gasteiger partial charge in [-0.25, -0.2) is 4.79 Å². The summed E-state index contributed by atoms with van der Waals surface area (Å²) in [6.07, 6.45) is 0.315. The van der Waals surface area contributed by atoms with Crippen molar-refractivity contribution >= 4 is 29.2 Å². The Morgan fingerprint density at radius 2 is 2.32 bits per heavy atom. The molecule has 0 saturated carbocycles. The summed E-state index contributed by atoms with van der Waals surface area (Å²) in [4.78, 5) is 13.9. The highest BCUT2D eigenvalue weighted by molar-refractivity contribution is 6.35. The molecule has 0 aromatic heterocycles. The van der Waals surface area contributed by atoms with Crippen LogP contribution >= 0.6 is 23.2 Å². The van der Waals surface area contributed by atoms with Gasteiger partial charge in [0.2, 0.25) is 0 Å².